The number of aromatic carboxylic acids is 1. The number of hydrogen-bond acceptors (Lipinski definition) is 3. The van der Waals surface area contributed by atoms with Crippen molar-refractivity contribution in [3.05, 3.63) is 17.5 Å². The molecular weight excluding hydrogens is 203 g/mol. The average Bonchev–Trinajstić information content (AvgIpc) is 2.52. The molecule has 1 heterocycles. The molecule has 0 aliphatic rings. The Hall–Kier alpha value is -1.53. The van der Waals surface area contributed by atoms with Crippen molar-refractivity contribution in [2.24, 2.45) is 0 Å². The molecule has 78 valence electrons. The molecule has 0 fully saturated rings. The molecule has 0 saturated heterocycles. The van der Waals surface area contributed by atoms with Crippen LogP contribution in [0.15, 0.2) is 10.6 Å². The SMILES string of the molecule is O=C(O)c1cc(CC(F)C(F)F)no1. The summed E-state index contributed by atoms with van der Waals surface area (Å²) in [7, 11) is 0. The number of rotatable bonds is 4. The number of carboxylic acids is 1. The van der Waals surface area contributed by atoms with Crippen molar-refractivity contribution in [1.29, 1.82) is 0 Å². The standard InChI is InChI=1S/C7H6F3NO3/c8-4(6(9)10)1-3-2-5(7(12)13)14-11-3/h2,4,6H,1H2,(H,12,13). The molecule has 0 aromatic carbocycles. The highest BCUT2D eigenvalue weighted by molar-refractivity contribution is 5.84. The Morgan fingerprint density at radius 2 is 2.21 bits per heavy atom. The summed E-state index contributed by atoms with van der Waals surface area (Å²) in [4.78, 5) is 10.3. The maximum atomic E-state index is 12.4. The van der Waals surface area contributed by atoms with Gasteiger partial charge in [-0.15, -0.1) is 0 Å². The lowest BCUT2D eigenvalue weighted by Crippen LogP contribution is -2.15. The highest BCUT2D eigenvalue weighted by Crippen LogP contribution is 2.13. The van der Waals surface area contributed by atoms with E-state index >= 15 is 0 Å². The van der Waals surface area contributed by atoms with Gasteiger partial charge in [0.15, 0.2) is 6.17 Å². The van der Waals surface area contributed by atoms with Gasteiger partial charge < -0.3 is 9.63 Å². The molecular formula is C7H6F3NO3. The smallest absolute Gasteiger partial charge is 0.374 e. The number of carboxylic acid groups (broad SMARTS) is 1. The van der Waals surface area contributed by atoms with Crippen LogP contribution in [0.3, 0.4) is 0 Å². The topological polar surface area (TPSA) is 63.3 Å². The molecule has 0 radical (unpaired) electrons. The zero-order valence-electron chi connectivity index (χ0n) is 6.78. The zero-order chi connectivity index (χ0) is 10.7. The highest BCUT2D eigenvalue weighted by atomic mass is 19.3. The van der Waals surface area contributed by atoms with Gasteiger partial charge >= 0.3 is 5.97 Å². The second kappa shape index (κ2) is 4.12. The van der Waals surface area contributed by atoms with Crippen LogP contribution in [0.1, 0.15) is 16.2 Å². The first kappa shape index (κ1) is 10.6. The Bertz CT molecular complexity index is 326. The third-order valence-corrected chi connectivity index (χ3v) is 1.45. The van der Waals surface area contributed by atoms with Gasteiger partial charge in [-0.3, -0.25) is 0 Å². The summed E-state index contributed by atoms with van der Waals surface area (Å²) >= 11 is 0. The van der Waals surface area contributed by atoms with E-state index in [-0.39, 0.29) is 5.69 Å². The number of alkyl halides is 3. The number of halogens is 3. The Balaban J connectivity index is 2.64. The van der Waals surface area contributed by atoms with Gasteiger partial charge in [0, 0.05) is 12.5 Å². The van der Waals surface area contributed by atoms with Crippen molar-refractivity contribution in [2.45, 2.75) is 19.0 Å². The Kier molecular flexibility index (Phi) is 3.10. The minimum atomic E-state index is -3.11. The summed E-state index contributed by atoms with van der Waals surface area (Å²) in [6.07, 6.45) is -6.13. The van der Waals surface area contributed by atoms with Crippen molar-refractivity contribution in [3.63, 3.8) is 0 Å². The van der Waals surface area contributed by atoms with Gasteiger partial charge in [-0.05, 0) is 0 Å². The fourth-order valence-corrected chi connectivity index (χ4v) is 0.798. The first-order valence-electron chi connectivity index (χ1n) is 3.62. The molecule has 1 atom stereocenters. The fourth-order valence-electron chi connectivity index (χ4n) is 0.798. The first-order chi connectivity index (χ1) is 6.50. The van der Waals surface area contributed by atoms with Crippen molar-refractivity contribution < 1.29 is 27.6 Å². The summed E-state index contributed by atoms with van der Waals surface area (Å²) < 4.78 is 40.1. The Morgan fingerprint density at radius 1 is 1.57 bits per heavy atom. The van der Waals surface area contributed by atoms with Crippen molar-refractivity contribution in [1.82, 2.24) is 5.16 Å². The van der Waals surface area contributed by atoms with Crippen LogP contribution < -0.4 is 0 Å². The minimum Gasteiger partial charge on any atom is -0.475 e. The number of nitrogens with zero attached hydrogens (tertiary/aromatic N) is 1. The van der Waals surface area contributed by atoms with E-state index in [0.29, 0.717) is 0 Å². The number of aromatic nitrogens is 1. The quantitative estimate of drug-likeness (QED) is 0.816. The van der Waals surface area contributed by atoms with Gasteiger partial charge in [0.1, 0.15) is 0 Å². The lowest BCUT2D eigenvalue weighted by molar-refractivity contribution is 0.0493. The molecule has 1 unspecified atom stereocenters. The van der Waals surface area contributed by atoms with Crippen molar-refractivity contribution >= 4 is 5.97 Å². The molecule has 1 aromatic heterocycles. The van der Waals surface area contributed by atoms with E-state index in [2.05, 4.69) is 9.68 Å². The predicted octanol–water partition coefficient (Wildman–Crippen LogP) is 1.52. The molecule has 0 spiro atoms. The minimum absolute atomic E-state index is 0.143. The lowest BCUT2D eigenvalue weighted by atomic mass is 10.2. The van der Waals surface area contributed by atoms with E-state index < -0.39 is 30.7 Å². The fraction of sp³-hybridized carbons (Fsp3) is 0.429. The van der Waals surface area contributed by atoms with Gasteiger partial charge in [-0.2, -0.15) is 0 Å². The van der Waals surface area contributed by atoms with E-state index in [1.807, 2.05) is 0 Å². The third-order valence-electron chi connectivity index (χ3n) is 1.45. The second-order valence-corrected chi connectivity index (χ2v) is 2.54. The normalized spacial score (nSPS) is 13.1. The predicted molar refractivity (Wildman–Crippen MR) is 38.1 cm³/mol. The molecule has 1 N–H and O–H groups in total. The maximum absolute atomic E-state index is 12.4. The summed E-state index contributed by atoms with van der Waals surface area (Å²) in [5.74, 6) is -1.88. The molecule has 0 aliphatic carbocycles. The molecule has 0 saturated carbocycles. The molecule has 0 amide bonds. The van der Waals surface area contributed by atoms with Crippen LogP contribution in [0.4, 0.5) is 13.2 Å². The van der Waals surface area contributed by atoms with Crippen LogP contribution >= 0.6 is 0 Å². The van der Waals surface area contributed by atoms with Gasteiger partial charge in [-0.1, -0.05) is 5.16 Å². The summed E-state index contributed by atoms with van der Waals surface area (Å²) in [5.41, 5.74) is -0.143. The first-order valence-corrected chi connectivity index (χ1v) is 3.62. The van der Waals surface area contributed by atoms with Crippen LogP contribution in [-0.2, 0) is 6.42 Å². The molecule has 1 rings (SSSR count). The molecule has 14 heavy (non-hydrogen) atoms. The monoisotopic (exact) mass is 209 g/mol. The lowest BCUT2D eigenvalue weighted by Gasteiger charge is -2.02. The van der Waals surface area contributed by atoms with Crippen LogP contribution in [-0.4, -0.2) is 28.8 Å². The third kappa shape index (κ3) is 2.48. The van der Waals surface area contributed by atoms with Crippen LogP contribution in [0.2, 0.25) is 0 Å². The van der Waals surface area contributed by atoms with Gasteiger partial charge in [0.2, 0.25) is 5.76 Å². The average molecular weight is 209 g/mol. The molecule has 7 heteroatoms. The van der Waals surface area contributed by atoms with Gasteiger partial charge in [0.05, 0.1) is 5.69 Å². The summed E-state index contributed by atoms with van der Waals surface area (Å²) in [6.45, 7) is 0. The second-order valence-electron chi connectivity index (χ2n) is 2.54. The van der Waals surface area contributed by atoms with Crippen molar-refractivity contribution in [2.75, 3.05) is 0 Å². The van der Waals surface area contributed by atoms with Crippen LogP contribution in [0.25, 0.3) is 0 Å². The van der Waals surface area contributed by atoms with Gasteiger partial charge in [0.25, 0.3) is 6.43 Å². The molecule has 1 aromatic rings. The molecule has 0 bridgehead atoms. The zero-order valence-corrected chi connectivity index (χ0v) is 6.78. The molecule has 0 aliphatic heterocycles. The summed E-state index contributed by atoms with van der Waals surface area (Å²) in [5, 5.41) is 11.5. The largest absolute Gasteiger partial charge is 0.475 e. The van der Waals surface area contributed by atoms with Crippen LogP contribution in [0.5, 0.6) is 0 Å². The van der Waals surface area contributed by atoms with E-state index in [1.165, 1.54) is 0 Å². The maximum Gasteiger partial charge on any atom is 0.374 e. The van der Waals surface area contributed by atoms with Gasteiger partial charge in [-0.25, -0.2) is 18.0 Å². The van der Waals surface area contributed by atoms with E-state index in [9.17, 15) is 18.0 Å². The van der Waals surface area contributed by atoms with E-state index in [4.69, 9.17) is 5.11 Å². The van der Waals surface area contributed by atoms with E-state index in [1.54, 1.807) is 0 Å². The Morgan fingerprint density at radius 3 is 2.64 bits per heavy atom. The summed E-state index contributed by atoms with van der Waals surface area (Å²) in [6, 6.07) is 0.914. The number of hydrogen-bond donors (Lipinski definition) is 1. The van der Waals surface area contributed by atoms with Crippen LogP contribution in [0, 0.1) is 0 Å². The number of carbonyl (C=O) groups is 1. The Labute approximate surface area is 76.3 Å². The van der Waals surface area contributed by atoms with Crippen molar-refractivity contribution in [3.8, 4) is 0 Å². The highest BCUT2D eigenvalue weighted by Gasteiger charge is 2.22. The molecule has 4 nitrogen and oxygen atoms in total. The van der Waals surface area contributed by atoms with E-state index in [0.717, 1.165) is 6.07 Å².